The van der Waals surface area contributed by atoms with Crippen molar-refractivity contribution in [1.29, 1.82) is 0 Å². The lowest BCUT2D eigenvalue weighted by molar-refractivity contribution is 0.384. The number of aromatic nitrogens is 4. The van der Waals surface area contributed by atoms with Gasteiger partial charge in [0.2, 0.25) is 15.9 Å². The van der Waals surface area contributed by atoms with Gasteiger partial charge in [-0.25, -0.2) is 13.4 Å². The summed E-state index contributed by atoms with van der Waals surface area (Å²) in [4.78, 5) is 11.1. The highest BCUT2D eigenvalue weighted by atomic mass is 32.2. The second-order valence-electron chi connectivity index (χ2n) is 6.73. The summed E-state index contributed by atoms with van der Waals surface area (Å²) in [5.41, 5.74) is 2.05. The second-order valence-corrected chi connectivity index (χ2v) is 8.98. The molecule has 2 aromatic heterocycles. The minimum atomic E-state index is -3.17. The van der Waals surface area contributed by atoms with Crippen LogP contribution in [0.1, 0.15) is 12.6 Å². The van der Waals surface area contributed by atoms with E-state index >= 15 is 0 Å². The van der Waals surface area contributed by atoms with E-state index in [1.807, 2.05) is 42.2 Å². The molecule has 29 heavy (non-hydrogen) atoms. The van der Waals surface area contributed by atoms with Gasteiger partial charge in [0, 0.05) is 31.7 Å². The molecule has 1 aliphatic heterocycles. The number of piperazine rings is 1. The maximum atomic E-state index is 12.1. The van der Waals surface area contributed by atoms with Gasteiger partial charge < -0.3 is 9.32 Å². The monoisotopic (exact) mass is 414 g/mol. The number of hydrogen-bond donors (Lipinski definition) is 0. The van der Waals surface area contributed by atoms with E-state index < -0.39 is 10.0 Å². The lowest BCUT2D eigenvalue weighted by atomic mass is 10.2. The third-order valence-corrected chi connectivity index (χ3v) is 6.79. The van der Waals surface area contributed by atoms with Gasteiger partial charge >= 0.3 is 0 Å². The van der Waals surface area contributed by atoms with E-state index in [1.165, 1.54) is 4.31 Å². The van der Waals surface area contributed by atoms with E-state index in [1.54, 1.807) is 13.1 Å². The average Bonchev–Trinajstić information content (AvgIpc) is 3.25. The highest BCUT2D eigenvalue weighted by molar-refractivity contribution is 7.89. The summed E-state index contributed by atoms with van der Waals surface area (Å²) in [6, 6.07) is 9.53. The molecule has 10 heteroatoms. The van der Waals surface area contributed by atoms with Gasteiger partial charge in [-0.1, -0.05) is 18.2 Å². The molecular formula is C19H22N6O3S. The number of hydrogen-bond acceptors (Lipinski definition) is 8. The highest BCUT2D eigenvalue weighted by Crippen LogP contribution is 2.26. The van der Waals surface area contributed by atoms with Crippen LogP contribution >= 0.6 is 0 Å². The summed E-state index contributed by atoms with van der Waals surface area (Å²) in [6.45, 7) is 5.46. The predicted molar refractivity (Wildman–Crippen MR) is 109 cm³/mol. The van der Waals surface area contributed by atoms with Crippen LogP contribution in [0.4, 0.5) is 5.82 Å². The van der Waals surface area contributed by atoms with Gasteiger partial charge in [0.1, 0.15) is 5.82 Å². The zero-order chi connectivity index (χ0) is 20.4. The molecule has 4 rings (SSSR count). The van der Waals surface area contributed by atoms with Gasteiger partial charge in [-0.3, -0.25) is 4.98 Å². The Kier molecular flexibility index (Phi) is 5.29. The molecule has 3 aromatic rings. The Bertz CT molecular complexity index is 1090. The smallest absolute Gasteiger partial charge is 0.268 e. The van der Waals surface area contributed by atoms with E-state index in [2.05, 4.69) is 20.2 Å². The number of nitrogens with zero attached hydrogens (tertiary/aromatic N) is 6. The van der Waals surface area contributed by atoms with Crippen LogP contribution in [0, 0.1) is 6.92 Å². The van der Waals surface area contributed by atoms with Crippen LogP contribution in [0.5, 0.6) is 0 Å². The van der Waals surface area contributed by atoms with Crippen LogP contribution in [0.15, 0.2) is 40.9 Å². The Balaban J connectivity index is 1.56. The fourth-order valence-corrected chi connectivity index (χ4v) is 4.27. The van der Waals surface area contributed by atoms with Gasteiger partial charge in [0.15, 0.2) is 5.69 Å². The topological polar surface area (TPSA) is 105 Å². The van der Waals surface area contributed by atoms with E-state index in [9.17, 15) is 8.42 Å². The number of benzene rings is 1. The number of aryl methyl sites for hydroxylation is 1. The first kappa shape index (κ1) is 19.5. The fraction of sp³-hybridized carbons (Fsp3) is 0.368. The Hall–Kier alpha value is -2.85. The van der Waals surface area contributed by atoms with Crippen molar-refractivity contribution in [2.24, 2.45) is 0 Å². The van der Waals surface area contributed by atoms with Gasteiger partial charge in [-0.2, -0.15) is 4.31 Å². The first-order valence-electron chi connectivity index (χ1n) is 9.43. The highest BCUT2D eigenvalue weighted by Gasteiger charge is 2.27. The molecule has 0 N–H and O–H groups in total. The SMILES string of the molecule is CCS(=O)(=O)N1CCN(c2cnc(C)c(-c3nnc(-c4ccccc4)o3)n2)CC1. The Morgan fingerprint density at radius 1 is 1.03 bits per heavy atom. The largest absolute Gasteiger partial charge is 0.415 e. The van der Waals surface area contributed by atoms with Crippen molar-refractivity contribution in [3.63, 3.8) is 0 Å². The molecule has 0 saturated carbocycles. The number of anilines is 1. The zero-order valence-electron chi connectivity index (χ0n) is 16.3. The van der Waals surface area contributed by atoms with Crippen molar-refractivity contribution >= 4 is 15.8 Å². The third kappa shape index (κ3) is 3.99. The van der Waals surface area contributed by atoms with Crippen LogP contribution in [0.25, 0.3) is 23.0 Å². The first-order chi connectivity index (χ1) is 14.0. The molecule has 0 spiro atoms. The standard InChI is InChI=1S/C19H22N6O3S/c1-3-29(26,27)25-11-9-24(10-12-25)16-13-20-14(2)17(21-16)19-23-22-18(28-19)15-7-5-4-6-8-15/h4-8,13H,3,9-12H2,1-2H3. The molecule has 0 atom stereocenters. The summed E-state index contributed by atoms with van der Waals surface area (Å²) < 4.78 is 31.5. The van der Waals surface area contributed by atoms with Crippen molar-refractivity contribution < 1.29 is 12.8 Å². The molecule has 3 heterocycles. The zero-order valence-corrected chi connectivity index (χ0v) is 17.1. The Labute approximate surface area is 169 Å². The number of sulfonamides is 1. The normalized spacial score (nSPS) is 15.6. The third-order valence-electron chi connectivity index (χ3n) is 4.91. The van der Waals surface area contributed by atoms with E-state index in [-0.39, 0.29) is 5.75 Å². The Morgan fingerprint density at radius 2 is 1.72 bits per heavy atom. The summed E-state index contributed by atoms with van der Waals surface area (Å²) in [5.74, 6) is 1.51. The van der Waals surface area contributed by atoms with Crippen LogP contribution < -0.4 is 4.90 Å². The molecule has 1 aliphatic rings. The van der Waals surface area contributed by atoms with Crippen LogP contribution in [-0.4, -0.2) is 64.8 Å². The minimum Gasteiger partial charge on any atom is -0.415 e. The molecule has 9 nitrogen and oxygen atoms in total. The molecular weight excluding hydrogens is 392 g/mol. The molecule has 152 valence electrons. The molecule has 0 bridgehead atoms. The lowest BCUT2D eigenvalue weighted by Crippen LogP contribution is -2.49. The molecule has 1 aromatic carbocycles. The first-order valence-corrected chi connectivity index (χ1v) is 11.0. The van der Waals surface area contributed by atoms with E-state index in [4.69, 9.17) is 4.42 Å². The van der Waals surface area contributed by atoms with Crippen molar-refractivity contribution in [2.75, 3.05) is 36.8 Å². The van der Waals surface area contributed by atoms with Gasteiger partial charge in [0.25, 0.3) is 5.89 Å². The van der Waals surface area contributed by atoms with Gasteiger partial charge in [-0.05, 0) is 26.0 Å². The van der Waals surface area contributed by atoms with Crippen LogP contribution in [0.3, 0.4) is 0 Å². The molecule has 1 saturated heterocycles. The van der Waals surface area contributed by atoms with E-state index in [0.29, 0.717) is 55.2 Å². The van der Waals surface area contributed by atoms with Crippen molar-refractivity contribution in [2.45, 2.75) is 13.8 Å². The molecule has 1 fully saturated rings. The van der Waals surface area contributed by atoms with Crippen LogP contribution in [-0.2, 0) is 10.0 Å². The van der Waals surface area contributed by atoms with Crippen molar-refractivity contribution in [1.82, 2.24) is 24.5 Å². The lowest BCUT2D eigenvalue weighted by Gasteiger charge is -2.34. The molecule has 0 unspecified atom stereocenters. The molecule has 0 amide bonds. The quantitative estimate of drug-likeness (QED) is 0.624. The molecule has 0 aliphatic carbocycles. The summed E-state index contributed by atoms with van der Waals surface area (Å²) in [5, 5.41) is 8.26. The van der Waals surface area contributed by atoms with Crippen molar-refractivity contribution in [3.05, 3.63) is 42.2 Å². The van der Waals surface area contributed by atoms with Crippen LogP contribution in [0.2, 0.25) is 0 Å². The number of rotatable bonds is 5. The summed E-state index contributed by atoms with van der Waals surface area (Å²) >= 11 is 0. The fourth-order valence-electron chi connectivity index (χ4n) is 3.19. The van der Waals surface area contributed by atoms with Gasteiger partial charge in [0.05, 0.1) is 17.6 Å². The minimum absolute atomic E-state index is 0.113. The average molecular weight is 414 g/mol. The van der Waals surface area contributed by atoms with Crippen molar-refractivity contribution in [3.8, 4) is 23.0 Å². The van der Waals surface area contributed by atoms with Gasteiger partial charge in [-0.15, -0.1) is 10.2 Å². The molecule has 0 radical (unpaired) electrons. The van der Waals surface area contributed by atoms with E-state index in [0.717, 1.165) is 5.56 Å². The summed E-state index contributed by atoms with van der Waals surface area (Å²) in [6.07, 6.45) is 1.69. The predicted octanol–water partition coefficient (Wildman–Crippen LogP) is 1.97. The summed E-state index contributed by atoms with van der Waals surface area (Å²) in [7, 11) is -3.17. The maximum absolute atomic E-state index is 12.1. The maximum Gasteiger partial charge on any atom is 0.268 e. The second kappa shape index (κ2) is 7.88. The Morgan fingerprint density at radius 3 is 2.41 bits per heavy atom.